The number of methoxy groups -OCH3 is 1. The Bertz CT molecular complexity index is 547. The smallest absolute Gasteiger partial charge is 0.335 e. The number of ether oxygens (including phenoxy) is 1. The second kappa shape index (κ2) is 6.76. The fourth-order valence-electron chi connectivity index (χ4n) is 1.34. The average Bonchev–Trinajstić information content (AvgIpc) is 2.39. The van der Waals surface area contributed by atoms with Crippen LogP contribution in [0, 0.1) is 0 Å². The maximum atomic E-state index is 11.6. The molecular weight excluding hydrogens is 288 g/mol. The van der Waals surface area contributed by atoms with Gasteiger partial charge in [-0.2, -0.15) is 0 Å². The molecule has 3 N–H and O–H groups in total. The van der Waals surface area contributed by atoms with Crippen molar-refractivity contribution in [3.05, 3.63) is 28.8 Å². The molecule has 0 radical (unpaired) electrons. The fraction of sp³-hybridized carbons (Fsp3) is 0.250. The molecule has 8 heteroatoms. The number of amides is 2. The summed E-state index contributed by atoms with van der Waals surface area (Å²) in [6.45, 7) is 1.46. The standard InChI is InChI=1S/C12H13ClN2O5/c1-6(11(18)20-2)14-12(19)15-9-4-3-7(10(16)17)5-8(9)13/h3-6H,1-2H3,(H,16,17)(H2,14,15,19). The van der Waals surface area contributed by atoms with Gasteiger partial charge in [-0.3, -0.25) is 0 Å². The van der Waals surface area contributed by atoms with Gasteiger partial charge in [0.05, 0.1) is 23.4 Å². The molecule has 2 amide bonds. The van der Waals surface area contributed by atoms with Gasteiger partial charge in [-0.1, -0.05) is 11.6 Å². The number of hydrogen-bond donors (Lipinski definition) is 3. The molecule has 0 saturated carbocycles. The molecule has 1 atom stereocenters. The van der Waals surface area contributed by atoms with E-state index in [-0.39, 0.29) is 16.3 Å². The minimum atomic E-state index is -1.12. The van der Waals surface area contributed by atoms with Crippen molar-refractivity contribution in [2.45, 2.75) is 13.0 Å². The zero-order valence-corrected chi connectivity index (χ0v) is 11.5. The number of nitrogens with one attached hydrogen (secondary N) is 2. The van der Waals surface area contributed by atoms with Gasteiger partial charge in [-0.15, -0.1) is 0 Å². The molecule has 1 aromatic rings. The van der Waals surface area contributed by atoms with Crippen LogP contribution in [0.2, 0.25) is 5.02 Å². The Morgan fingerprint density at radius 2 is 2.00 bits per heavy atom. The molecule has 0 bridgehead atoms. The Balaban J connectivity index is 2.71. The molecule has 108 valence electrons. The highest BCUT2D eigenvalue weighted by atomic mass is 35.5. The van der Waals surface area contributed by atoms with E-state index in [9.17, 15) is 14.4 Å². The van der Waals surface area contributed by atoms with Crippen molar-refractivity contribution in [2.75, 3.05) is 12.4 Å². The lowest BCUT2D eigenvalue weighted by Gasteiger charge is -2.13. The number of carboxylic acid groups (broad SMARTS) is 1. The largest absolute Gasteiger partial charge is 0.478 e. The van der Waals surface area contributed by atoms with E-state index >= 15 is 0 Å². The van der Waals surface area contributed by atoms with Gasteiger partial charge in [0.2, 0.25) is 0 Å². The van der Waals surface area contributed by atoms with Crippen molar-refractivity contribution < 1.29 is 24.2 Å². The van der Waals surface area contributed by atoms with Crippen LogP contribution in [-0.4, -0.2) is 36.2 Å². The van der Waals surface area contributed by atoms with Gasteiger partial charge < -0.3 is 20.5 Å². The number of halogens is 1. The van der Waals surface area contributed by atoms with E-state index in [1.165, 1.54) is 32.2 Å². The van der Waals surface area contributed by atoms with Crippen LogP contribution in [0.15, 0.2) is 18.2 Å². The first kappa shape index (κ1) is 15.8. The molecule has 1 unspecified atom stereocenters. The molecule has 0 saturated heterocycles. The number of aromatic carboxylic acids is 1. The van der Waals surface area contributed by atoms with Crippen LogP contribution < -0.4 is 10.6 Å². The van der Waals surface area contributed by atoms with Crippen LogP contribution in [0.3, 0.4) is 0 Å². The van der Waals surface area contributed by atoms with Crippen LogP contribution in [0.1, 0.15) is 17.3 Å². The number of benzene rings is 1. The molecule has 1 aromatic carbocycles. The summed E-state index contributed by atoms with van der Waals surface area (Å²) >= 11 is 5.85. The van der Waals surface area contributed by atoms with Gasteiger partial charge in [-0.25, -0.2) is 14.4 Å². The predicted molar refractivity (Wildman–Crippen MR) is 72.0 cm³/mol. The molecule has 0 aromatic heterocycles. The highest BCUT2D eigenvalue weighted by Crippen LogP contribution is 2.22. The summed E-state index contributed by atoms with van der Waals surface area (Å²) in [6, 6.07) is 2.38. The normalized spacial score (nSPS) is 11.3. The average molecular weight is 301 g/mol. The molecular formula is C12H13ClN2O5. The van der Waals surface area contributed by atoms with Crippen molar-refractivity contribution >= 4 is 35.3 Å². The minimum Gasteiger partial charge on any atom is -0.478 e. The molecule has 0 fully saturated rings. The Hall–Kier alpha value is -2.28. The van der Waals surface area contributed by atoms with E-state index in [0.29, 0.717) is 0 Å². The number of carbonyl (C=O) groups excluding carboxylic acids is 2. The van der Waals surface area contributed by atoms with E-state index in [1.807, 2.05) is 0 Å². The quantitative estimate of drug-likeness (QED) is 0.734. The van der Waals surface area contributed by atoms with Gasteiger partial charge in [0.25, 0.3) is 0 Å². The summed E-state index contributed by atoms with van der Waals surface area (Å²) in [6.07, 6.45) is 0. The van der Waals surface area contributed by atoms with Crippen molar-refractivity contribution in [1.82, 2.24) is 5.32 Å². The zero-order valence-electron chi connectivity index (χ0n) is 10.8. The highest BCUT2D eigenvalue weighted by molar-refractivity contribution is 6.34. The monoisotopic (exact) mass is 300 g/mol. The van der Waals surface area contributed by atoms with E-state index < -0.39 is 24.0 Å². The zero-order chi connectivity index (χ0) is 15.3. The summed E-state index contributed by atoms with van der Waals surface area (Å²) in [5.74, 6) is -1.71. The Morgan fingerprint density at radius 3 is 2.50 bits per heavy atom. The van der Waals surface area contributed by atoms with Crippen LogP contribution in [0.25, 0.3) is 0 Å². The van der Waals surface area contributed by atoms with Gasteiger partial charge in [-0.05, 0) is 25.1 Å². The number of esters is 1. The van der Waals surface area contributed by atoms with Gasteiger partial charge in [0.15, 0.2) is 0 Å². The van der Waals surface area contributed by atoms with Crippen molar-refractivity contribution in [1.29, 1.82) is 0 Å². The van der Waals surface area contributed by atoms with E-state index in [2.05, 4.69) is 15.4 Å². The van der Waals surface area contributed by atoms with Crippen LogP contribution in [-0.2, 0) is 9.53 Å². The lowest BCUT2D eigenvalue weighted by molar-refractivity contribution is -0.142. The molecule has 7 nitrogen and oxygen atoms in total. The number of urea groups is 1. The SMILES string of the molecule is COC(=O)C(C)NC(=O)Nc1ccc(C(=O)O)cc1Cl. The van der Waals surface area contributed by atoms with Crippen LogP contribution in [0.5, 0.6) is 0 Å². The van der Waals surface area contributed by atoms with E-state index in [4.69, 9.17) is 16.7 Å². The van der Waals surface area contributed by atoms with Crippen molar-refractivity contribution in [3.63, 3.8) is 0 Å². The number of rotatable bonds is 4. The summed E-state index contributed by atoms with van der Waals surface area (Å²) in [7, 11) is 1.21. The summed E-state index contributed by atoms with van der Waals surface area (Å²) < 4.78 is 4.46. The maximum Gasteiger partial charge on any atom is 0.335 e. The Morgan fingerprint density at radius 1 is 1.35 bits per heavy atom. The predicted octanol–water partition coefficient (Wildman–Crippen LogP) is 1.72. The molecule has 0 aliphatic heterocycles. The molecule has 20 heavy (non-hydrogen) atoms. The van der Waals surface area contributed by atoms with Gasteiger partial charge in [0.1, 0.15) is 6.04 Å². The highest BCUT2D eigenvalue weighted by Gasteiger charge is 2.16. The Labute approximate surface area is 119 Å². The number of anilines is 1. The fourth-order valence-corrected chi connectivity index (χ4v) is 1.57. The van der Waals surface area contributed by atoms with Crippen LogP contribution in [0.4, 0.5) is 10.5 Å². The first-order valence-electron chi connectivity index (χ1n) is 5.53. The molecule has 0 aliphatic rings. The van der Waals surface area contributed by atoms with Crippen LogP contribution >= 0.6 is 11.6 Å². The summed E-state index contributed by atoms with van der Waals surface area (Å²) in [4.78, 5) is 33.5. The third-order valence-corrected chi connectivity index (χ3v) is 2.68. The van der Waals surface area contributed by atoms with Crippen molar-refractivity contribution in [2.24, 2.45) is 0 Å². The van der Waals surface area contributed by atoms with Gasteiger partial charge in [0, 0.05) is 0 Å². The number of hydrogen-bond acceptors (Lipinski definition) is 4. The number of carbonyl (C=O) groups is 3. The second-order valence-corrected chi connectivity index (χ2v) is 4.25. The third-order valence-electron chi connectivity index (χ3n) is 2.37. The van der Waals surface area contributed by atoms with E-state index in [1.54, 1.807) is 0 Å². The number of carboxylic acids is 1. The summed E-state index contributed by atoms with van der Waals surface area (Å²) in [5, 5.41) is 13.6. The summed E-state index contributed by atoms with van der Waals surface area (Å²) in [5.41, 5.74) is 0.232. The molecule has 1 rings (SSSR count). The lowest BCUT2D eigenvalue weighted by Crippen LogP contribution is -2.41. The maximum absolute atomic E-state index is 11.6. The first-order valence-corrected chi connectivity index (χ1v) is 5.91. The first-order chi connectivity index (χ1) is 9.35. The molecule has 0 spiro atoms. The molecule has 0 heterocycles. The third kappa shape index (κ3) is 4.13. The Kier molecular flexibility index (Phi) is 5.33. The second-order valence-electron chi connectivity index (χ2n) is 3.84. The topological polar surface area (TPSA) is 105 Å². The lowest BCUT2D eigenvalue weighted by atomic mass is 10.2. The van der Waals surface area contributed by atoms with Crippen molar-refractivity contribution in [3.8, 4) is 0 Å². The van der Waals surface area contributed by atoms with E-state index in [0.717, 1.165) is 0 Å². The minimum absolute atomic E-state index is 0.00360. The molecule has 0 aliphatic carbocycles. The van der Waals surface area contributed by atoms with Gasteiger partial charge >= 0.3 is 18.0 Å².